The lowest BCUT2D eigenvalue weighted by atomic mass is 10.2. The normalized spacial score (nSPS) is 14.4. The first kappa shape index (κ1) is 18.3. The molecule has 0 unspecified atom stereocenters. The van der Waals surface area contributed by atoms with E-state index in [1.165, 1.54) is 19.3 Å². The third kappa shape index (κ3) is 4.56. The molecule has 0 spiro atoms. The minimum Gasteiger partial charge on any atom is -0.495 e. The number of ether oxygens (including phenoxy) is 1. The number of anilines is 3. The molecular weight excluding hydrogens is 326 g/mol. The van der Waals surface area contributed by atoms with Crippen molar-refractivity contribution in [3.8, 4) is 5.75 Å². The van der Waals surface area contributed by atoms with Gasteiger partial charge in [0.25, 0.3) is 0 Å². The first-order valence-corrected chi connectivity index (χ1v) is 9.50. The number of methoxy groups -OCH3 is 1. The number of nitrogens with zero attached hydrogens (tertiary/aromatic N) is 4. The van der Waals surface area contributed by atoms with Gasteiger partial charge in [-0.25, -0.2) is 9.97 Å². The summed E-state index contributed by atoms with van der Waals surface area (Å²) in [5.74, 6) is 2.84. The van der Waals surface area contributed by atoms with Crippen LogP contribution in [-0.4, -0.2) is 49.8 Å². The molecule has 0 amide bonds. The third-order valence-corrected chi connectivity index (χ3v) is 4.77. The lowest BCUT2D eigenvalue weighted by molar-refractivity contribution is 0.413. The molecule has 26 heavy (non-hydrogen) atoms. The molecule has 140 valence electrons. The molecule has 1 fully saturated rings. The Morgan fingerprint density at radius 1 is 1.04 bits per heavy atom. The van der Waals surface area contributed by atoms with Gasteiger partial charge in [-0.3, -0.25) is 0 Å². The van der Waals surface area contributed by atoms with Gasteiger partial charge in [0.05, 0.1) is 12.8 Å². The van der Waals surface area contributed by atoms with E-state index >= 15 is 0 Å². The summed E-state index contributed by atoms with van der Waals surface area (Å²) in [4.78, 5) is 13.5. The van der Waals surface area contributed by atoms with Crippen molar-refractivity contribution in [2.45, 2.75) is 26.2 Å². The van der Waals surface area contributed by atoms with Gasteiger partial charge in [0.15, 0.2) is 0 Å². The average Bonchev–Trinajstić information content (AvgIpc) is 2.71. The molecule has 0 aliphatic carbocycles. The van der Waals surface area contributed by atoms with Crippen molar-refractivity contribution in [2.24, 2.45) is 0 Å². The summed E-state index contributed by atoms with van der Waals surface area (Å²) in [6.07, 6.45) is 5.31. The summed E-state index contributed by atoms with van der Waals surface area (Å²) in [6, 6.07) is 10.3. The second-order valence-corrected chi connectivity index (χ2v) is 6.54. The van der Waals surface area contributed by atoms with Crippen LogP contribution in [-0.2, 0) is 0 Å². The van der Waals surface area contributed by atoms with Gasteiger partial charge in [-0.1, -0.05) is 31.9 Å². The van der Waals surface area contributed by atoms with Gasteiger partial charge in [0.1, 0.15) is 23.7 Å². The van der Waals surface area contributed by atoms with Crippen LogP contribution in [0.4, 0.5) is 17.3 Å². The summed E-state index contributed by atoms with van der Waals surface area (Å²) < 4.78 is 5.50. The summed E-state index contributed by atoms with van der Waals surface area (Å²) >= 11 is 0. The van der Waals surface area contributed by atoms with E-state index in [2.05, 4.69) is 50.2 Å². The zero-order valence-corrected chi connectivity index (χ0v) is 15.8. The summed E-state index contributed by atoms with van der Waals surface area (Å²) in [5, 5.41) is 3.40. The van der Waals surface area contributed by atoms with Crippen LogP contribution in [0.25, 0.3) is 0 Å². The molecule has 1 aromatic carbocycles. The van der Waals surface area contributed by atoms with Crippen LogP contribution >= 0.6 is 0 Å². The van der Waals surface area contributed by atoms with Gasteiger partial charge in [0, 0.05) is 38.8 Å². The van der Waals surface area contributed by atoms with E-state index in [0.717, 1.165) is 55.8 Å². The number of hydrogen-bond donors (Lipinski definition) is 1. The number of aromatic nitrogens is 2. The highest BCUT2D eigenvalue weighted by Gasteiger charge is 2.20. The maximum atomic E-state index is 5.50. The zero-order valence-electron chi connectivity index (χ0n) is 15.8. The van der Waals surface area contributed by atoms with Crippen molar-refractivity contribution in [1.82, 2.24) is 9.97 Å². The fourth-order valence-corrected chi connectivity index (χ4v) is 3.28. The molecular formula is C20H29N5O. The highest BCUT2D eigenvalue weighted by atomic mass is 16.5. The Morgan fingerprint density at radius 2 is 1.81 bits per heavy atom. The number of unbranched alkanes of at least 4 members (excludes halogenated alkanes) is 2. The second-order valence-electron chi connectivity index (χ2n) is 6.54. The first-order chi connectivity index (χ1) is 12.8. The van der Waals surface area contributed by atoms with Crippen LogP contribution in [0.1, 0.15) is 26.2 Å². The molecule has 1 N–H and O–H groups in total. The van der Waals surface area contributed by atoms with Crippen LogP contribution < -0.4 is 19.9 Å². The summed E-state index contributed by atoms with van der Waals surface area (Å²) in [6.45, 7) is 6.95. The topological polar surface area (TPSA) is 53.5 Å². The first-order valence-electron chi connectivity index (χ1n) is 9.50. The van der Waals surface area contributed by atoms with Gasteiger partial charge >= 0.3 is 0 Å². The largest absolute Gasteiger partial charge is 0.495 e. The lowest BCUT2D eigenvalue weighted by Gasteiger charge is -2.37. The highest BCUT2D eigenvalue weighted by Crippen LogP contribution is 2.29. The Labute approximate surface area is 156 Å². The molecule has 0 radical (unpaired) electrons. The fourth-order valence-electron chi connectivity index (χ4n) is 3.28. The molecule has 0 bridgehead atoms. The maximum Gasteiger partial charge on any atom is 0.142 e. The lowest BCUT2D eigenvalue weighted by Crippen LogP contribution is -2.47. The fraction of sp³-hybridized carbons (Fsp3) is 0.500. The molecule has 1 aromatic heterocycles. The molecule has 1 saturated heterocycles. The second kappa shape index (κ2) is 9.27. The van der Waals surface area contributed by atoms with E-state index in [1.54, 1.807) is 13.4 Å². The van der Waals surface area contributed by atoms with Crippen molar-refractivity contribution in [1.29, 1.82) is 0 Å². The van der Waals surface area contributed by atoms with E-state index in [4.69, 9.17) is 4.74 Å². The average molecular weight is 355 g/mol. The Balaban J connectivity index is 1.58. The number of nitrogens with one attached hydrogen (secondary N) is 1. The molecule has 0 saturated carbocycles. The van der Waals surface area contributed by atoms with Gasteiger partial charge in [-0.15, -0.1) is 0 Å². The molecule has 6 heteroatoms. The van der Waals surface area contributed by atoms with E-state index in [9.17, 15) is 0 Å². The van der Waals surface area contributed by atoms with Crippen molar-refractivity contribution >= 4 is 17.3 Å². The highest BCUT2D eigenvalue weighted by molar-refractivity contribution is 5.59. The molecule has 6 nitrogen and oxygen atoms in total. The van der Waals surface area contributed by atoms with Crippen molar-refractivity contribution in [2.75, 3.05) is 55.0 Å². The van der Waals surface area contributed by atoms with Crippen LogP contribution in [0.15, 0.2) is 36.7 Å². The van der Waals surface area contributed by atoms with Gasteiger partial charge in [-0.05, 0) is 18.6 Å². The molecule has 1 aliphatic rings. The van der Waals surface area contributed by atoms with Crippen LogP contribution in [0.2, 0.25) is 0 Å². The van der Waals surface area contributed by atoms with E-state index < -0.39 is 0 Å². The van der Waals surface area contributed by atoms with Crippen molar-refractivity contribution in [3.05, 3.63) is 36.7 Å². The van der Waals surface area contributed by atoms with Crippen LogP contribution in [0.5, 0.6) is 5.75 Å². The number of benzene rings is 1. The van der Waals surface area contributed by atoms with Gasteiger partial charge in [-0.2, -0.15) is 0 Å². The third-order valence-electron chi connectivity index (χ3n) is 4.77. The number of rotatable bonds is 8. The molecule has 3 rings (SSSR count). The molecule has 0 atom stereocenters. The van der Waals surface area contributed by atoms with E-state index in [1.807, 2.05) is 12.1 Å². The van der Waals surface area contributed by atoms with Crippen molar-refractivity contribution in [3.63, 3.8) is 0 Å². The number of piperazine rings is 1. The van der Waals surface area contributed by atoms with E-state index in [0.29, 0.717) is 0 Å². The Bertz CT molecular complexity index is 685. The summed E-state index contributed by atoms with van der Waals surface area (Å²) in [5.41, 5.74) is 1.16. The van der Waals surface area contributed by atoms with E-state index in [-0.39, 0.29) is 0 Å². The predicted molar refractivity (Wildman–Crippen MR) is 107 cm³/mol. The Hall–Kier alpha value is -2.50. The van der Waals surface area contributed by atoms with Gasteiger partial charge in [0.2, 0.25) is 0 Å². The Kier molecular flexibility index (Phi) is 6.52. The minimum atomic E-state index is 0.915. The molecule has 1 aliphatic heterocycles. The zero-order chi connectivity index (χ0) is 18.2. The molecule has 2 heterocycles. The predicted octanol–water partition coefficient (Wildman–Crippen LogP) is 3.41. The summed E-state index contributed by atoms with van der Waals surface area (Å²) in [7, 11) is 1.73. The Morgan fingerprint density at radius 3 is 2.58 bits per heavy atom. The van der Waals surface area contributed by atoms with Crippen molar-refractivity contribution < 1.29 is 4.74 Å². The standard InChI is InChI=1S/C20H29N5O/c1-3-4-7-10-21-19-15-20(23-16-22-19)25-13-11-24(12-14-25)17-8-5-6-9-18(17)26-2/h5-6,8-9,15-16H,3-4,7,10-14H2,1-2H3,(H,21,22,23). The quantitative estimate of drug-likeness (QED) is 0.733. The van der Waals surface area contributed by atoms with Gasteiger partial charge < -0.3 is 19.9 Å². The van der Waals surface area contributed by atoms with Crippen LogP contribution in [0.3, 0.4) is 0 Å². The number of hydrogen-bond acceptors (Lipinski definition) is 6. The SMILES string of the molecule is CCCCCNc1cc(N2CCN(c3ccccc3OC)CC2)ncn1. The molecule has 2 aromatic rings. The smallest absolute Gasteiger partial charge is 0.142 e. The number of para-hydroxylation sites is 2. The van der Waals surface area contributed by atoms with Crippen LogP contribution in [0, 0.1) is 0 Å². The monoisotopic (exact) mass is 355 g/mol. The minimum absolute atomic E-state index is 0.915. The maximum absolute atomic E-state index is 5.50.